The first-order valence-electron chi connectivity index (χ1n) is 8.98. The molecule has 1 aliphatic rings. The van der Waals surface area contributed by atoms with E-state index in [0.29, 0.717) is 6.04 Å². The van der Waals surface area contributed by atoms with Crippen LogP contribution >= 0.6 is 0 Å². The van der Waals surface area contributed by atoms with Crippen LogP contribution in [0.5, 0.6) is 0 Å². The summed E-state index contributed by atoms with van der Waals surface area (Å²) < 4.78 is 5.21. The first-order valence-corrected chi connectivity index (χ1v) is 8.98. The smallest absolute Gasteiger partial charge is 0.193 e. The van der Waals surface area contributed by atoms with E-state index < -0.39 is 0 Å². The highest BCUT2D eigenvalue weighted by molar-refractivity contribution is 5.79. The first-order chi connectivity index (χ1) is 11.2. The van der Waals surface area contributed by atoms with Gasteiger partial charge in [-0.05, 0) is 38.6 Å². The Kier molecular flexibility index (Phi) is 10.7. The Bertz CT molecular complexity index is 346. The van der Waals surface area contributed by atoms with Gasteiger partial charge in [-0.3, -0.25) is 9.89 Å². The quantitative estimate of drug-likeness (QED) is 0.274. The third-order valence-corrected chi connectivity index (χ3v) is 4.55. The predicted octanol–water partition coefficient (Wildman–Crippen LogP) is 2.35. The molecule has 0 bridgehead atoms. The second kappa shape index (κ2) is 12.4. The fraction of sp³-hybridized carbons (Fsp3) is 0.833. The molecule has 0 saturated carbocycles. The number of allylic oxidation sites excluding steroid dienone is 1. The molecule has 1 heterocycles. The second-order valence-corrected chi connectivity index (χ2v) is 6.31. The zero-order valence-electron chi connectivity index (χ0n) is 15.4. The van der Waals surface area contributed by atoms with Crippen molar-refractivity contribution in [2.45, 2.75) is 44.6 Å². The van der Waals surface area contributed by atoms with Crippen LogP contribution in [0.2, 0.25) is 0 Å². The fourth-order valence-electron chi connectivity index (χ4n) is 3.14. The molecule has 134 valence electrons. The van der Waals surface area contributed by atoms with E-state index in [1.807, 2.05) is 13.1 Å². The number of guanidine groups is 1. The number of nitrogens with one attached hydrogen (secondary N) is 1. The number of hydrogen-bond acceptors (Lipinski definition) is 3. The summed E-state index contributed by atoms with van der Waals surface area (Å²) in [4.78, 5) is 9.19. The molecule has 1 rings (SSSR count). The van der Waals surface area contributed by atoms with Gasteiger partial charge in [0.15, 0.2) is 5.96 Å². The van der Waals surface area contributed by atoms with Gasteiger partial charge in [-0.25, -0.2) is 0 Å². The van der Waals surface area contributed by atoms with Gasteiger partial charge in [-0.15, -0.1) is 6.58 Å². The van der Waals surface area contributed by atoms with Crippen LogP contribution in [0.25, 0.3) is 0 Å². The van der Waals surface area contributed by atoms with Crippen LogP contribution in [-0.4, -0.2) is 75.8 Å². The minimum atomic E-state index is 0.600. The van der Waals surface area contributed by atoms with Gasteiger partial charge in [0, 0.05) is 46.9 Å². The highest BCUT2D eigenvalue weighted by Crippen LogP contribution is 2.15. The molecule has 1 saturated heterocycles. The molecule has 0 spiro atoms. The average molecular weight is 325 g/mol. The molecule has 0 aromatic rings. The average Bonchev–Trinajstić information content (AvgIpc) is 3.00. The van der Waals surface area contributed by atoms with Crippen molar-refractivity contribution in [3.63, 3.8) is 0 Å². The molecule has 0 aromatic heterocycles. The summed E-state index contributed by atoms with van der Waals surface area (Å²) in [5, 5.41) is 3.55. The number of likely N-dealkylation sites (tertiary alicyclic amines) is 1. The van der Waals surface area contributed by atoms with Gasteiger partial charge in [0.1, 0.15) is 0 Å². The summed E-state index contributed by atoms with van der Waals surface area (Å²) in [5.41, 5.74) is 0. The van der Waals surface area contributed by atoms with Crippen molar-refractivity contribution in [1.82, 2.24) is 15.1 Å². The maximum Gasteiger partial charge on any atom is 0.193 e. The SMILES string of the molecule is C=CCCCCCN(C)C(=NC)NCC1CCCN1CCOC. The molecule has 5 nitrogen and oxygen atoms in total. The topological polar surface area (TPSA) is 40.1 Å². The molecule has 1 fully saturated rings. The Morgan fingerprint density at radius 2 is 2.26 bits per heavy atom. The van der Waals surface area contributed by atoms with E-state index >= 15 is 0 Å². The predicted molar refractivity (Wildman–Crippen MR) is 99.1 cm³/mol. The molecule has 1 aliphatic heterocycles. The van der Waals surface area contributed by atoms with Crippen molar-refractivity contribution >= 4 is 5.96 Å². The fourth-order valence-corrected chi connectivity index (χ4v) is 3.14. The molecule has 5 heteroatoms. The van der Waals surface area contributed by atoms with Gasteiger partial charge in [-0.2, -0.15) is 0 Å². The number of unbranched alkanes of at least 4 members (excludes halogenated alkanes) is 3. The van der Waals surface area contributed by atoms with Crippen LogP contribution in [0.3, 0.4) is 0 Å². The summed E-state index contributed by atoms with van der Waals surface area (Å²) in [5.74, 6) is 1.01. The summed E-state index contributed by atoms with van der Waals surface area (Å²) >= 11 is 0. The van der Waals surface area contributed by atoms with Crippen molar-refractivity contribution in [2.24, 2.45) is 4.99 Å². The lowest BCUT2D eigenvalue weighted by atomic mass is 10.2. The van der Waals surface area contributed by atoms with E-state index in [4.69, 9.17) is 4.74 Å². The van der Waals surface area contributed by atoms with Crippen LogP contribution in [0.1, 0.15) is 38.5 Å². The van der Waals surface area contributed by atoms with Gasteiger partial charge in [0.2, 0.25) is 0 Å². The molecule has 1 atom stereocenters. The van der Waals surface area contributed by atoms with Crippen molar-refractivity contribution in [3.05, 3.63) is 12.7 Å². The highest BCUT2D eigenvalue weighted by Gasteiger charge is 2.24. The van der Waals surface area contributed by atoms with Gasteiger partial charge in [0.25, 0.3) is 0 Å². The van der Waals surface area contributed by atoms with E-state index in [-0.39, 0.29) is 0 Å². The van der Waals surface area contributed by atoms with Crippen molar-refractivity contribution in [1.29, 1.82) is 0 Å². The summed E-state index contributed by atoms with van der Waals surface area (Å²) in [6.07, 6.45) is 9.36. The molecule has 0 aliphatic carbocycles. The molecule has 1 N–H and O–H groups in total. The number of aliphatic imine (C=N–C) groups is 1. The minimum absolute atomic E-state index is 0.600. The van der Waals surface area contributed by atoms with E-state index in [1.54, 1.807) is 7.11 Å². The Morgan fingerprint density at radius 1 is 1.43 bits per heavy atom. The Morgan fingerprint density at radius 3 is 2.96 bits per heavy atom. The summed E-state index contributed by atoms with van der Waals surface area (Å²) in [7, 11) is 5.77. The molecular weight excluding hydrogens is 288 g/mol. The van der Waals surface area contributed by atoms with E-state index in [9.17, 15) is 0 Å². The zero-order valence-corrected chi connectivity index (χ0v) is 15.4. The standard InChI is InChI=1S/C18H36N4O/c1-5-6-7-8-9-12-21(3)18(19-2)20-16-17-11-10-13-22(17)14-15-23-4/h5,17H,1,6-16H2,2-4H3,(H,19,20). The lowest BCUT2D eigenvalue weighted by Gasteiger charge is -2.27. The minimum Gasteiger partial charge on any atom is -0.383 e. The van der Waals surface area contributed by atoms with E-state index in [0.717, 1.165) is 38.6 Å². The maximum atomic E-state index is 5.21. The lowest BCUT2D eigenvalue weighted by Crippen LogP contribution is -2.46. The Balaban J connectivity index is 2.28. The van der Waals surface area contributed by atoms with Crippen LogP contribution in [0.15, 0.2) is 17.6 Å². The molecule has 0 radical (unpaired) electrons. The van der Waals surface area contributed by atoms with Gasteiger partial charge >= 0.3 is 0 Å². The number of ether oxygens (including phenoxy) is 1. The lowest BCUT2D eigenvalue weighted by molar-refractivity contribution is 0.141. The largest absolute Gasteiger partial charge is 0.383 e. The third kappa shape index (κ3) is 7.84. The molecule has 0 amide bonds. The summed E-state index contributed by atoms with van der Waals surface area (Å²) in [6, 6.07) is 0.600. The number of nitrogens with zero attached hydrogens (tertiary/aromatic N) is 3. The number of hydrogen-bond donors (Lipinski definition) is 1. The molecular formula is C18H36N4O. The van der Waals surface area contributed by atoms with E-state index in [1.165, 1.54) is 38.6 Å². The third-order valence-electron chi connectivity index (χ3n) is 4.55. The van der Waals surface area contributed by atoms with Crippen molar-refractivity contribution in [3.8, 4) is 0 Å². The van der Waals surface area contributed by atoms with Gasteiger partial charge in [-0.1, -0.05) is 12.5 Å². The molecule has 1 unspecified atom stereocenters. The van der Waals surface area contributed by atoms with Gasteiger partial charge < -0.3 is 15.0 Å². The van der Waals surface area contributed by atoms with E-state index in [2.05, 4.69) is 33.7 Å². The van der Waals surface area contributed by atoms with Gasteiger partial charge in [0.05, 0.1) is 6.61 Å². The number of rotatable bonds is 11. The summed E-state index contributed by atoms with van der Waals surface area (Å²) in [6.45, 7) is 8.82. The monoisotopic (exact) mass is 324 g/mol. The Labute approximate surface area is 142 Å². The van der Waals surface area contributed by atoms with Crippen LogP contribution < -0.4 is 5.32 Å². The molecule has 23 heavy (non-hydrogen) atoms. The highest BCUT2D eigenvalue weighted by atomic mass is 16.5. The maximum absolute atomic E-state index is 5.21. The molecule has 0 aromatic carbocycles. The Hall–Kier alpha value is -1.07. The van der Waals surface area contributed by atoms with Crippen molar-refractivity contribution in [2.75, 3.05) is 54.0 Å². The number of methoxy groups -OCH3 is 1. The first kappa shape index (κ1) is 20.0. The zero-order chi connectivity index (χ0) is 16.9. The van der Waals surface area contributed by atoms with Crippen LogP contribution in [0, 0.1) is 0 Å². The second-order valence-electron chi connectivity index (χ2n) is 6.31. The van der Waals surface area contributed by atoms with Crippen molar-refractivity contribution < 1.29 is 4.74 Å². The van der Waals surface area contributed by atoms with Crippen LogP contribution in [0.4, 0.5) is 0 Å². The normalized spacial score (nSPS) is 19.1. The van der Waals surface area contributed by atoms with Crippen LogP contribution in [-0.2, 0) is 4.74 Å².